The van der Waals surface area contributed by atoms with E-state index in [9.17, 15) is 0 Å². The number of aromatic nitrogens is 3. The molecule has 2 heterocycles. The highest BCUT2D eigenvalue weighted by atomic mass is 79.9. The van der Waals surface area contributed by atoms with E-state index in [1.165, 1.54) is 0 Å². The minimum atomic E-state index is 0.565. The first-order valence-electron chi connectivity index (χ1n) is 5.19. The molecule has 1 aromatic carbocycles. The minimum absolute atomic E-state index is 0.565. The summed E-state index contributed by atoms with van der Waals surface area (Å²) in [5.41, 5.74) is 1.11. The topological polar surface area (TPSA) is 30.7 Å². The van der Waals surface area contributed by atoms with E-state index in [4.69, 9.17) is 0 Å². The highest BCUT2D eigenvalue weighted by Crippen LogP contribution is 2.35. The molecule has 0 aliphatic carbocycles. The van der Waals surface area contributed by atoms with Gasteiger partial charge in [-0.05, 0) is 12.1 Å². The predicted molar refractivity (Wildman–Crippen MR) is 76.6 cm³/mol. The molecule has 0 fully saturated rings. The molecular weight excluding hydrogens is 366 g/mol. The molecule has 1 unspecified atom stereocenters. The molecule has 6 heteroatoms. The van der Waals surface area contributed by atoms with Crippen LogP contribution in [0, 0.1) is 0 Å². The van der Waals surface area contributed by atoms with Gasteiger partial charge in [-0.2, -0.15) is 0 Å². The molecule has 1 aliphatic rings. The maximum Gasteiger partial charge on any atom is 0.191 e. The first kappa shape index (κ1) is 11.7. The molecule has 0 amide bonds. The predicted octanol–water partition coefficient (Wildman–Crippen LogP) is 3.58. The second-order valence-corrected chi connectivity index (χ2v) is 6.65. The van der Waals surface area contributed by atoms with Gasteiger partial charge in [0.2, 0.25) is 0 Å². The van der Waals surface area contributed by atoms with E-state index in [1.54, 1.807) is 11.8 Å². The van der Waals surface area contributed by atoms with Gasteiger partial charge < -0.3 is 4.57 Å². The number of alkyl halides is 1. The van der Waals surface area contributed by atoms with E-state index >= 15 is 0 Å². The number of rotatable bonds is 2. The Balaban J connectivity index is 1.98. The van der Waals surface area contributed by atoms with Crippen LogP contribution in [0.25, 0.3) is 11.4 Å². The van der Waals surface area contributed by atoms with E-state index in [2.05, 4.69) is 58.8 Å². The molecule has 0 bridgehead atoms. The first-order chi connectivity index (χ1) is 8.28. The Kier molecular flexibility index (Phi) is 3.28. The molecule has 1 aromatic heterocycles. The second-order valence-electron chi connectivity index (χ2n) is 3.82. The van der Waals surface area contributed by atoms with Crippen LogP contribution in [0.5, 0.6) is 0 Å². The Morgan fingerprint density at radius 2 is 2.06 bits per heavy atom. The van der Waals surface area contributed by atoms with Crippen molar-refractivity contribution < 1.29 is 0 Å². The zero-order valence-electron chi connectivity index (χ0n) is 8.81. The Labute approximate surface area is 120 Å². The van der Waals surface area contributed by atoms with E-state index < -0.39 is 0 Å². The number of halogens is 2. The van der Waals surface area contributed by atoms with Crippen LogP contribution in [0.2, 0.25) is 0 Å². The molecule has 88 valence electrons. The average molecular weight is 375 g/mol. The van der Waals surface area contributed by atoms with Crippen molar-refractivity contribution in [1.82, 2.24) is 14.8 Å². The molecule has 0 spiro atoms. The number of thioether (sulfide) groups is 1. The Morgan fingerprint density at radius 3 is 2.76 bits per heavy atom. The summed E-state index contributed by atoms with van der Waals surface area (Å²) in [5.74, 6) is 0.962. The molecule has 3 nitrogen and oxygen atoms in total. The van der Waals surface area contributed by atoms with Crippen LogP contribution in [0.3, 0.4) is 0 Å². The summed E-state index contributed by atoms with van der Waals surface area (Å²) in [7, 11) is 0. The summed E-state index contributed by atoms with van der Waals surface area (Å²) in [6.45, 7) is 0.976. The van der Waals surface area contributed by atoms with Crippen LogP contribution in [-0.2, 0) is 6.54 Å². The van der Waals surface area contributed by atoms with Gasteiger partial charge in [-0.1, -0.05) is 55.8 Å². The van der Waals surface area contributed by atoms with Crippen LogP contribution >= 0.6 is 43.6 Å². The molecule has 2 aromatic rings. The molecule has 3 rings (SSSR count). The Morgan fingerprint density at radius 1 is 1.29 bits per heavy atom. The molecule has 0 N–H and O–H groups in total. The maximum atomic E-state index is 4.27. The second kappa shape index (κ2) is 4.74. The zero-order valence-corrected chi connectivity index (χ0v) is 12.8. The largest absolute Gasteiger partial charge is 0.301 e. The summed E-state index contributed by atoms with van der Waals surface area (Å²) in [5, 5.41) is 11.1. The van der Waals surface area contributed by atoms with E-state index in [-0.39, 0.29) is 0 Å². The highest BCUT2D eigenvalue weighted by molar-refractivity contribution is 9.10. The number of nitrogens with zero attached hydrogens (tertiary/aromatic N) is 3. The fourth-order valence-corrected chi connectivity index (χ4v) is 3.65. The molecule has 1 atom stereocenters. The van der Waals surface area contributed by atoms with Crippen molar-refractivity contribution in [1.29, 1.82) is 0 Å². The smallest absolute Gasteiger partial charge is 0.191 e. The van der Waals surface area contributed by atoms with Gasteiger partial charge in [0.1, 0.15) is 0 Å². The van der Waals surface area contributed by atoms with Crippen LogP contribution < -0.4 is 0 Å². The van der Waals surface area contributed by atoms with Crippen LogP contribution in [0.1, 0.15) is 0 Å². The van der Waals surface area contributed by atoms with E-state index in [0.717, 1.165) is 32.9 Å². The van der Waals surface area contributed by atoms with Gasteiger partial charge in [0.15, 0.2) is 11.0 Å². The van der Waals surface area contributed by atoms with Crippen molar-refractivity contribution in [3.63, 3.8) is 0 Å². The van der Waals surface area contributed by atoms with Crippen molar-refractivity contribution in [2.45, 2.75) is 17.0 Å². The van der Waals surface area contributed by atoms with Gasteiger partial charge in [0.05, 0.1) is 0 Å². The summed E-state index contributed by atoms with van der Waals surface area (Å²) < 4.78 is 3.27. The summed E-state index contributed by atoms with van der Waals surface area (Å²) in [6, 6.07) is 8.18. The van der Waals surface area contributed by atoms with E-state index in [1.807, 2.05) is 12.1 Å². The van der Waals surface area contributed by atoms with Crippen molar-refractivity contribution in [3.05, 3.63) is 28.7 Å². The molecule has 0 saturated heterocycles. The minimum Gasteiger partial charge on any atom is -0.301 e. The lowest BCUT2D eigenvalue weighted by Crippen LogP contribution is -2.07. The van der Waals surface area contributed by atoms with Crippen LogP contribution in [-0.4, -0.2) is 25.3 Å². The monoisotopic (exact) mass is 373 g/mol. The summed E-state index contributed by atoms with van der Waals surface area (Å²) in [6.07, 6.45) is 0. The molecular formula is C11H9Br2N3S. The number of hydrogen-bond donors (Lipinski definition) is 0. The van der Waals surface area contributed by atoms with Gasteiger partial charge in [0.25, 0.3) is 0 Å². The first-order valence-corrected chi connectivity index (χ1v) is 7.99. The normalized spacial score (nSPS) is 18.4. The third-order valence-electron chi connectivity index (χ3n) is 2.65. The third-order valence-corrected chi connectivity index (χ3v) is 5.55. The number of benzene rings is 1. The van der Waals surface area contributed by atoms with Gasteiger partial charge in [-0.15, -0.1) is 10.2 Å². The van der Waals surface area contributed by atoms with Crippen molar-refractivity contribution >= 4 is 43.6 Å². The number of hydrogen-bond acceptors (Lipinski definition) is 3. The fourth-order valence-electron chi connectivity index (χ4n) is 1.82. The van der Waals surface area contributed by atoms with Crippen LogP contribution in [0.4, 0.5) is 0 Å². The number of fused-ring (bicyclic) bond motifs is 1. The summed E-state index contributed by atoms with van der Waals surface area (Å²) in [4.78, 5) is 0. The quantitative estimate of drug-likeness (QED) is 0.752. The fraction of sp³-hybridized carbons (Fsp3) is 0.273. The van der Waals surface area contributed by atoms with E-state index in [0.29, 0.717) is 5.25 Å². The van der Waals surface area contributed by atoms with Crippen LogP contribution in [0.15, 0.2) is 33.9 Å². The highest BCUT2D eigenvalue weighted by Gasteiger charge is 2.26. The SMILES string of the molecule is BrCC1Cn2c(nnc2-c2ccc(Br)cc2)S1. The third kappa shape index (κ3) is 2.18. The van der Waals surface area contributed by atoms with Gasteiger partial charge in [-0.25, -0.2) is 0 Å². The molecule has 1 aliphatic heterocycles. The lowest BCUT2D eigenvalue weighted by atomic mass is 10.2. The average Bonchev–Trinajstić information content (AvgIpc) is 2.89. The molecule has 17 heavy (non-hydrogen) atoms. The lowest BCUT2D eigenvalue weighted by molar-refractivity contribution is 0.679. The maximum absolute atomic E-state index is 4.27. The molecule has 0 radical (unpaired) electrons. The van der Waals surface area contributed by atoms with Crippen molar-refractivity contribution in [2.24, 2.45) is 0 Å². The van der Waals surface area contributed by atoms with Crippen molar-refractivity contribution in [3.8, 4) is 11.4 Å². The van der Waals surface area contributed by atoms with Gasteiger partial charge in [0, 0.05) is 27.2 Å². The zero-order chi connectivity index (χ0) is 11.8. The Hall–Kier alpha value is -0.330. The Bertz CT molecular complexity index is 538. The van der Waals surface area contributed by atoms with Gasteiger partial charge >= 0.3 is 0 Å². The lowest BCUT2D eigenvalue weighted by Gasteiger charge is -2.05. The summed E-state index contributed by atoms with van der Waals surface area (Å²) >= 11 is 8.75. The van der Waals surface area contributed by atoms with Crippen molar-refractivity contribution in [2.75, 3.05) is 5.33 Å². The molecule has 0 saturated carbocycles. The standard InChI is InChI=1S/C11H9Br2N3S/c12-5-9-6-16-10(14-15-11(16)17-9)7-1-3-8(13)4-2-7/h1-4,9H,5-6H2. The van der Waals surface area contributed by atoms with Gasteiger partial charge in [-0.3, -0.25) is 0 Å².